The van der Waals surface area contributed by atoms with Gasteiger partial charge in [0.25, 0.3) is 0 Å². The highest BCUT2D eigenvalue weighted by molar-refractivity contribution is 5.87. The molecule has 25 heavy (non-hydrogen) atoms. The lowest BCUT2D eigenvalue weighted by atomic mass is 10.0. The number of hydrogen-bond acceptors (Lipinski definition) is 1. The minimum absolute atomic E-state index is 0.128. The molecule has 3 rings (SSSR count). The highest BCUT2D eigenvalue weighted by Gasteiger charge is 2.46. The van der Waals surface area contributed by atoms with Crippen molar-refractivity contribution >= 4 is 11.5 Å². The molecule has 0 fully saturated rings. The molecule has 2 aromatic carbocycles. The van der Waals surface area contributed by atoms with E-state index >= 15 is 0 Å². The molecule has 130 valence electrons. The second-order valence-electron chi connectivity index (χ2n) is 5.60. The highest BCUT2D eigenvalue weighted by atomic mass is 19.4. The lowest BCUT2D eigenvalue weighted by molar-refractivity contribution is -0.185. The van der Waals surface area contributed by atoms with Gasteiger partial charge in [-0.1, -0.05) is 36.4 Å². The van der Waals surface area contributed by atoms with Crippen LogP contribution in [0.3, 0.4) is 0 Å². The molecule has 0 aliphatic carbocycles. The van der Waals surface area contributed by atoms with Crippen molar-refractivity contribution in [3.8, 4) is 0 Å². The summed E-state index contributed by atoms with van der Waals surface area (Å²) >= 11 is 0. The molecular weight excluding hydrogens is 341 g/mol. The fraction of sp³-hybridized carbons (Fsp3) is 0.167. The van der Waals surface area contributed by atoms with E-state index in [1.165, 1.54) is 6.08 Å². The van der Waals surface area contributed by atoms with Crippen molar-refractivity contribution in [1.82, 2.24) is 4.90 Å². The van der Waals surface area contributed by atoms with Gasteiger partial charge in [0.2, 0.25) is 0 Å². The maximum atomic E-state index is 14.0. The minimum Gasteiger partial charge on any atom is -0.320 e. The maximum Gasteiger partial charge on any atom is 0.471 e. The number of carbonyl (C=O) groups excluding carboxylic acids is 1. The molecule has 1 atom stereocenters. The summed E-state index contributed by atoms with van der Waals surface area (Å²) in [6.45, 7) is -0.460. The van der Waals surface area contributed by atoms with Crippen molar-refractivity contribution in [2.45, 2.75) is 12.2 Å². The van der Waals surface area contributed by atoms with Gasteiger partial charge in [0, 0.05) is 12.1 Å². The average molecular weight is 353 g/mol. The van der Waals surface area contributed by atoms with Gasteiger partial charge in [-0.25, -0.2) is 8.78 Å². The van der Waals surface area contributed by atoms with E-state index in [1.54, 1.807) is 30.3 Å². The Kier molecular flexibility index (Phi) is 4.32. The van der Waals surface area contributed by atoms with Gasteiger partial charge in [-0.05, 0) is 29.3 Å². The Labute approximate surface area is 140 Å². The van der Waals surface area contributed by atoms with Crippen LogP contribution in [-0.4, -0.2) is 23.5 Å². The fourth-order valence-corrected chi connectivity index (χ4v) is 2.82. The van der Waals surface area contributed by atoms with Crippen molar-refractivity contribution in [3.05, 3.63) is 77.4 Å². The second-order valence-corrected chi connectivity index (χ2v) is 5.60. The zero-order valence-corrected chi connectivity index (χ0v) is 12.7. The van der Waals surface area contributed by atoms with Crippen LogP contribution in [0.1, 0.15) is 17.2 Å². The lowest BCUT2D eigenvalue weighted by Crippen LogP contribution is -2.41. The zero-order valence-electron chi connectivity index (χ0n) is 12.7. The first kappa shape index (κ1) is 17.1. The molecule has 0 bridgehead atoms. The van der Waals surface area contributed by atoms with Crippen LogP contribution in [0.2, 0.25) is 0 Å². The first-order valence-corrected chi connectivity index (χ1v) is 7.36. The summed E-state index contributed by atoms with van der Waals surface area (Å²) in [5.74, 6) is -3.50. The quantitative estimate of drug-likeness (QED) is 0.729. The van der Waals surface area contributed by atoms with Crippen molar-refractivity contribution in [3.63, 3.8) is 0 Å². The number of hydrogen-bond donors (Lipinski definition) is 0. The molecular formula is C18H12F5NO. The van der Waals surface area contributed by atoms with Crippen LogP contribution in [0.15, 0.2) is 54.6 Å². The summed E-state index contributed by atoms with van der Waals surface area (Å²) in [5, 5.41) is 0. The number of benzene rings is 2. The van der Waals surface area contributed by atoms with Gasteiger partial charge in [-0.2, -0.15) is 13.2 Å². The predicted octanol–water partition coefficient (Wildman–Crippen LogP) is 4.49. The van der Waals surface area contributed by atoms with E-state index in [1.807, 2.05) is 0 Å². The fourth-order valence-electron chi connectivity index (χ4n) is 2.82. The van der Waals surface area contributed by atoms with E-state index in [-0.39, 0.29) is 11.1 Å². The molecule has 1 aliphatic heterocycles. The zero-order chi connectivity index (χ0) is 18.2. The van der Waals surface area contributed by atoms with Crippen LogP contribution in [0.25, 0.3) is 5.57 Å². The van der Waals surface area contributed by atoms with Gasteiger partial charge in [-0.15, -0.1) is 0 Å². The molecule has 2 aromatic rings. The Hall–Kier alpha value is -2.70. The van der Waals surface area contributed by atoms with Crippen LogP contribution in [0.4, 0.5) is 22.0 Å². The highest BCUT2D eigenvalue weighted by Crippen LogP contribution is 2.38. The SMILES string of the molecule is O=C(N1CC(c2cc(F)ccc2F)=CC1c1ccccc1)C(F)(F)F. The van der Waals surface area contributed by atoms with Crippen molar-refractivity contribution in [1.29, 1.82) is 0 Å². The second kappa shape index (κ2) is 6.31. The van der Waals surface area contributed by atoms with E-state index < -0.39 is 36.3 Å². The average Bonchev–Trinajstić information content (AvgIpc) is 3.01. The summed E-state index contributed by atoms with van der Waals surface area (Å²) in [6, 6.07) is 9.80. The molecule has 0 N–H and O–H groups in total. The molecule has 2 nitrogen and oxygen atoms in total. The summed E-state index contributed by atoms with van der Waals surface area (Å²) < 4.78 is 66.1. The molecule has 0 saturated heterocycles. The van der Waals surface area contributed by atoms with Gasteiger partial charge in [0.05, 0.1) is 6.04 Å². The maximum absolute atomic E-state index is 14.0. The van der Waals surface area contributed by atoms with Gasteiger partial charge in [0.15, 0.2) is 0 Å². The van der Waals surface area contributed by atoms with E-state index in [0.29, 0.717) is 10.5 Å². The first-order valence-electron chi connectivity index (χ1n) is 7.36. The number of carbonyl (C=O) groups is 1. The number of nitrogens with zero attached hydrogens (tertiary/aromatic N) is 1. The first-order chi connectivity index (χ1) is 11.8. The van der Waals surface area contributed by atoms with Crippen LogP contribution in [0.5, 0.6) is 0 Å². The molecule has 1 amide bonds. The van der Waals surface area contributed by atoms with Crippen LogP contribution in [-0.2, 0) is 4.79 Å². The standard InChI is InChI=1S/C18H12F5NO/c19-13-6-7-15(20)14(9-13)12-8-16(11-4-2-1-3-5-11)24(10-12)17(25)18(21,22)23/h1-9,16H,10H2. The largest absolute Gasteiger partial charge is 0.471 e. The van der Waals surface area contributed by atoms with Gasteiger partial charge in [0.1, 0.15) is 11.6 Å². The van der Waals surface area contributed by atoms with E-state index in [0.717, 1.165) is 18.2 Å². The summed E-state index contributed by atoms with van der Waals surface area (Å²) in [7, 11) is 0. The Morgan fingerprint density at radius 2 is 1.72 bits per heavy atom. The third kappa shape index (κ3) is 3.40. The Bertz CT molecular complexity index is 829. The Balaban J connectivity index is 2.05. The van der Waals surface area contributed by atoms with Crippen molar-refractivity contribution < 1.29 is 26.7 Å². The lowest BCUT2D eigenvalue weighted by Gasteiger charge is -2.26. The molecule has 1 heterocycles. The van der Waals surface area contributed by atoms with E-state index in [2.05, 4.69) is 0 Å². The molecule has 0 spiro atoms. The van der Waals surface area contributed by atoms with Crippen LogP contribution in [0, 0.1) is 11.6 Å². The molecule has 0 radical (unpaired) electrons. The van der Waals surface area contributed by atoms with Crippen LogP contribution < -0.4 is 0 Å². The smallest absolute Gasteiger partial charge is 0.320 e. The van der Waals surface area contributed by atoms with E-state index in [4.69, 9.17) is 0 Å². The summed E-state index contributed by atoms with van der Waals surface area (Å²) in [5.41, 5.74) is 0.425. The normalized spacial score (nSPS) is 17.6. The molecule has 0 aromatic heterocycles. The van der Waals surface area contributed by atoms with Crippen molar-refractivity contribution in [2.75, 3.05) is 6.54 Å². The monoisotopic (exact) mass is 353 g/mol. The Morgan fingerprint density at radius 3 is 2.36 bits per heavy atom. The predicted molar refractivity (Wildman–Crippen MR) is 81.3 cm³/mol. The number of amides is 1. The third-order valence-electron chi connectivity index (χ3n) is 3.95. The number of halogens is 5. The number of rotatable bonds is 2. The van der Waals surface area contributed by atoms with Gasteiger partial charge in [-0.3, -0.25) is 4.79 Å². The van der Waals surface area contributed by atoms with E-state index in [9.17, 15) is 26.7 Å². The molecule has 0 saturated carbocycles. The third-order valence-corrected chi connectivity index (χ3v) is 3.95. The summed E-state index contributed by atoms with van der Waals surface area (Å²) in [4.78, 5) is 12.4. The molecule has 1 unspecified atom stereocenters. The minimum atomic E-state index is -5.06. The van der Waals surface area contributed by atoms with Crippen LogP contribution >= 0.6 is 0 Å². The summed E-state index contributed by atoms with van der Waals surface area (Å²) in [6.07, 6.45) is -3.70. The topological polar surface area (TPSA) is 20.3 Å². The van der Waals surface area contributed by atoms with Gasteiger partial charge >= 0.3 is 12.1 Å². The molecule has 7 heteroatoms. The van der Waals surface area contributed by atoms with Gasteiger partial charge < -0.3 is 4.90 Å². The molecule has 1 aliphatic rings. The number of alkyl halides is 3. The Morgan fingerprint density at radius 1 is 1.04 bits per heavy atom. The van der Waals surface area contributed by atoms with Crippen molar-refractivity contribution in [2.24, 2.45) is 0 Å².